The predicted molar refractivity (Wildman–Crippen MR) is 36.9 cm³/mol. The van der Waals surface area contributed by atoms with Crippen molar-refractivity contribution in [3.63, 3.8) is 0 Å². The third-order valence-electron chi connectivity index (χ3n) is 1.99. The molecule has 0 aromatic heterocycles. The maximum absolute atomic E-state index is 10.8. The van der Waals surface area contributed by atoms with Crippen molar-refractivity contribution in [1.29, 1.82) is 0 Å². The molecule has 0 spiro atoms. The lowest BCUT2D eigenvalue weighted by atomic mass is 9.87. The predicted octanol–water partition coefficient (Wildman–Crippen LogP) is 1.97. The zero-order valence-electron chi connectivity index (χ0n) is 5.89. The summed E-state index contributed by atoms with van der Waals surface area (Å²) in [5.41, 5.74) is 0. The highest BCUT2D eigenvalue weighted by Crippen LogP contribution is 2.22. The van der Waals surface area contributed by atoms with Crippen LogP contribution in [-0.4, -0.2) is 5.78 Å². The number of hydrogen-bond acceptors (Lipinski definition) is 1. The summed E-state index contributed by atoms with van der Waals surface area (Å²) in [5, 5.41) is 0. The van der Waals surface area contributed by atoms with Crippen LogP contribution in [0.15, 0.2) is 0 Å². The molecule has 1 fully saturated rings. The Bertz CT molecular complexity index is 101. The Hall–Kier alpha value is -0.460. The Morgan fingerprint density at radius 2 is 2.44 bits per heavy atom. The highest BCUT2D eigenvalue weighted by Gasteiger charge is 2.22. The topological polar surface area (TPSA) is 17.1 Å². The lowest BCUT2D eigenvalue weighted by Gasteiger charge is -2.11. The van der Waals surface area contributed by atoms with Crippen LogP contribution < -0.4 is 0 Å². The Kier molecular flexibility index (Phi) is 2.15. The van der Waals surface area contributed by atoms with Gasteiger partial charge < -0.3 is 0 Å². The molecule has 0 aromatic carbocycles. The number of carbonyl (C=O) groups excluding carboxylic acids is 1. The van der Waals surface area contributed by atoms with Gasteiger partial charge in [0, 0.05) is 0 Å². The number of carbonyl (C=O) groups is 1. The second kappa shape index (κ2) is 2.90. The highest BCUT2D eigenvalue weighted by molar-refractivity contribution is 5.78. The van der Waals surface area contributed by atoms with Crippen molar-refractivity contribution in [2.75, 3.05) is 0 Å². The van der Waals surface area contributed by atoms with E-state index in [9.17, 15) is 4.79 Å². The zero-order chi connectivity index (χ0) is 6.69. The first-order valence-corrected chi connectivity index (χ1v) is 3.63. The summed E-state index contributed by atoms with van der Waals surface area (Å²) in [7, 11) is 0. The summed E-state index contributed by atoms with van der Waals surface area (Å²) in [6, 6.07) is 0. The molecule has 0 heterocycles. The normalized spacial score (nSPS) is 27.0. The van der Waals surface area contributed by atoms with Crippen molar-refractivity contribution in [2.24, 2.45) is 5.92 Å². The standard InChI is InChI=1S/C8H13O/c1-7(9)8-5-3-2-4-6-8/h3,8H,2,4-6H2,1H3/q+1. The molecule has 0 saturated heterocycles. The molecule has 1 atom stereocenters. The minimum absolute atomic E-state index is 0.360. The van der Waals surface area contributed by atoms with E-state index in [1.807, 2.05) is 0 Å². The summed E-state index contributed by atoms with van der Waals surface area (Å²) in [5.74, 6) is 0.727. The van der Waals surface area contributed by atoms with Crippen LogP contribution in [0.25, 0.3) is 0 Å². The Balaban J connectivity index is 2.31. The number of Topliss-reactive ketones (excluding diaryl/α,β-unsaturated/α-hetero) is 1. The molecule has 0 radical (unpaired) electrons. The van der Waals surface area contributed by atoms with Crippen molar-refractivity contribution < 1.29 is 4.79 Å². The third kappa shape index (κ3) is 1.74. The van der Waals surface area contributed by atoms with Gasteiger partial charge in [-0.2, -0.15) is 0 Å². The van der Waals surface area contributed by atoms with E-state index in [-0.39, 0.29) is 0 Å². The molecule has 9 heavy (non-hydrogen) atoms. The molecule has 1 nitrogen and oxygen atoms in total. The number of ketones is 1. The van der Waals surface area contributed by atoms with Crippen LogP contribution in [0.1, 0.15) is 32.6 Å². The van der Waals surface area contributed by atoms with E-state index in [1.54, 1.807) is 6.92 Å². The molecule has 1 aliphatic carbocycles. The Morgan fingerprint density at radius 3 is 2.78 bits per heavy atom. The van der Waals surface area contributed by atoms with E-state index in [0.29, 0.717) is 11.7 Å². The van der Waals surface area contributed by atoms with E-state index >= 15 is 0 Å². The van der Waals surface area contributed by atoms with Crippen molar-refractivity contribution >= 4 is 5.78 Å². The molecule has 0 bridgehead atoms. The van der Waals surface area contributed by atoms with E-state index in [0.717, 1.165) is 12.8 Å². The van der Waals surface area contributed by atoms with Gasteiger partial charge in [-0.3, -0.25) is 4.79 Å². The summed E-state index contributed by atoms with van der Waals surface area (Å²) >= 11 is 0. The van der Waals surface area contributed by atoms with E-state index in [2.05, 4.69) is 6.42 Å². The fourth-order valence-corrected chi connectivity index (χ4v) is 1.31. The molecule has 0 N–H and O–H groups in total. The van der Waals surface area contributed by atoms with Gasteiger partial charge in [-0.15, -0.1) is 0 Å². The molecular weight excluding hydrogens is 112 g/mol. The fourth-order valence-electron chi connectivity index (χ4n) is 1.31. The smallest absolute Gasteiger partial charge is 0.137 e. The van der Waals surface area contributed by atoms with Gasteiger partial charge in [0.1, 0.15) is 5.78 Å². The largest absolute Gasteiger partial charge is 0.300 e. The van der Waals surface area contributed by atoms with Crippen LogP contribution in [0.2, 0.25) is 0 Å². The molecular formula is C8H13O+. The first kappa shape index (κ1) is 6.66. The second-order valence-electron chi connectivity index (χ2n) is 2.76. The van der Waals surface area contributed by atoms with Gasteiger partial charge in [0.15, 0.2) is 0 Å². The molecule has 0 aliphatic heterocycles. The number of hydrogen-bond donors (Lipinski definition) is 0. The van der Waals surface area contributed by atoms with Crippen LogP contribution in [0.4, 0.5) is 0 Å². The average molecular weight is 125 g/mol. The van der Waals surface area contributed by atoms with Gasteiger partial charge in [0.25, 0.3) is 0 Å². The van der Waals surface area contributed by atoms with Crippen LogP contribution in [0.5, 0.6) is 0 Å². The van der Waals surface area contributed by atoms with E-state index < -0.39 is 0 Å². The SMILES string of the molecule is CC(=O)C1C[CH+]CCC1. The summed E-state index contributed by atoms with van der Waals surface area (Å²) in [4.78, 5) is 10.8. The number of rotatable bonds is 1. The van der Waals surface area contributed by atoms with Gasteiger partial charge in [0.2, 0.25) is 0 Å². The zero-order valence-corrected chi connectivity index (χ0v) is 5.89. The fraction of sp³-hybridized carbons (Fsp3) is 0.750. The lowest BCUT2D eigenvalue weighted by molar-refractivity contribution is -0.121. The third-order valence-corrected chi connectivity index (χ3v) is 1.99. The average Bonchev–Trinajstić information content (AvgIpc) is 1.90. The van der Waals surface area contributed by atoms with Crippen molar-refractivity contribution in [2.45, 2.75) is 32.6 Å². The molecule has 50 valence electrons. The summed E-state index contributed by atoms with van der Waals surface area (Å²) in [6.45, 7) is 1.70. The maximum Gasteiger partial charge on any atom is 0.137 e. The lowest BCUT2D eigenvalue weighted by Crippen LogP contribution is -2.14. The second-order valence-corrected chi connectivity index (χ2v) is 2.76. The van der Waals surface area contributed by atoms with Gasteiger partial charge in [-0.05, 0) is 19.8 Å². The van der Waals surface area contributed by atoms with Crippen molar-refractivity contribution in [3.05, 3.63) is 6.42 Å². The Labute approximate surface area is 56.4 Å². The van der Waals surface area contributed by atoms with Crippen molar-refractivity contribution in [1.82, 2.24) is 0 Å². The quantitative estimate of drug-likeness (QED) is 0.490. The molecule has 1 rings (SSSR count). The van der Waals surface area contributed by atoms with Gasteiger partial charge in [0.05, 0.1) is 25.2 Å². The minimum atomic E-state index is 0.360. The van der Waals surface area contributed by atoms with Crippen LogP contribution in [0, 0.1) is 12.3 Å². The minimum Gasteiger partial charge on any atom is -0.300 e. The molecule has 1 unspecified atom stereocenters. The van der Waals surface area contributed by atoms with Gasteiger partial charge in [-0.25, -0.2) is 0 Å². The molecule has 1 aliphatic rings. The van der Waals surface area contributed by atoms with Gasteiger partial charge >= 0.3 is 0 Å². The van der Waals surface area contributed by atoms with Crippen molar-refractivity contribution in [3.8, 4) is 0 Å². The molecule has 0 amide bonds. The summed E-state index contributed by atoms with van der Waals surface area (Å²) < 4.78 is 0. The molecule has 0 aromatic rings. The summed E-state index contributed by atoms with van der Waals surface area (Å²) in [6.07, 6.45) is 6.80. The van der Waals surface area contributed by atoms with Crippen LogP contribution in [-0.2, 0) is 4.79 Å². The van der Waals surface area contributed by atoms with Crippen LogP contribution >= 0.6 is 0 Å². The first-order chi connectivity index (χ1) is 4.30. The monoisotopic (exact) mass is 125 g/mol. The maximum atomic E-state index is 10.8. The Morgan fingerprint density at radius 1 is 1.67 bits per heavy atom. The highest BCUT2D eigenvalue weighted by atomic mass is 16.1. The van der Waals surface area contributed by atoms with Gasteiger partial charge in [-0.1, -0.05) is 0 Å². The first-order valence-electron chi connectivity index (χ1n) is 3.63. The van der Waals surface area contributed by atoms with Crippen LogP contribution in [0.3, 0.4) is 0 Å². The van der Waals surface area contributed by atoms with E-state index in [1.165, 1.54) is 12.8 Å². The molecule has 1 saturated carbocycles. The van der Waals surface area contributed by atoms with E-state index in [4.69, 9.17) is 0 Å². The molecule has 1 heteroatoms.